The highest BCUT2D eigenvalue weighted by atomic mass is 16.5. The summed E-state index contributed by atoms with van der Waals surface area (Å²) >= 11 is 0. The topological polar surface area (TPSA) is 71.1 Å². The number of carbonyl (C=O) groups excluding carboxylic acids is 1. The molecule has 0 saturated carbocycles. The maximum atomic E-state index is 11.9. The van der Waals surface area contributed by atoms with Gasteiger partial charge in [-0.25, -0.2) is 4.98 Å². The number of nitrogens with zero attached hydrogens (tertiary/aromatic N) is 3. The van der Waals surface area contributed by atoms with Crippen LogP contribution in [0.15, 0.2) is 6.33 Å². The third-order valence-electron chi connectivity index (χ3n) is 2.95. The number of aromatic amines is 1. The zero-order chi connectivity index (χ0) is 12.1. The Hall–Kier alpha value is -1.43. The highest BCUT2D eigenvalue weighted by Gasteiger charge is 2.20. The molecule has 0 spiro atoms. The molecule has 1 aromatic heterocycles. The number of H-pyrrole nitrogens is 1. The van der Waals surface area contributed by atoms with Crippen LogP contribution in [0.3, 0.4) is 0 Å². The number of rotatable bonds is 4. The number of aromatic nitrogens is 3. The molecule has 1 fully saturated rings. The first-order chi connectivity index (χ1) is 8.25. The van der Waals surface area contributed by atoms with Gasteiger partial charge in [0.2, 0.25) is 5.91 Å². The summed E-state index contributed by atoms with van der Waals surface area (Å²) in [7, 11) is 1.77. The first-order valence-electron chi connectivity index (χ1n) is 5.95. The summed E-state index contributed by atoms with van der Waals surface area (Å²) in [5, 5.41) is 6.49. The minimum atomic E-state index is 0.0910. The second-order valence-electron chi connectivity index (χ2n) is 4.37. The van der Waals surface area contributed by atoms with Crippen molar-refractivity contribution >= 4 is 5.91 Å². The molecule has 0 aliphatic carbocycles. The van der Waals surface area contributed by atoms with Crippen molar-refractivity contribution in [1.82, 2.24) is 20.1 Å². The van der Waals surface area contributed by atoms with E-state index in [9.17, 15) is 4.79 Å². The van der Waals surface area contributed by atoms with Crippen LogP contribution in [0.2, 0.25) is 0 Å². The van der Waals surface area contributed by atoms with Gasteiger partial charge < -0.3 is 9.64 Å². The van der Waals surface area contributed by atoms with Gasteiger partial charge in [-0.05, 0) is 19.3 Å². The first kappa shape index (κ1) is 12.0. The SMILES string of the molecule is CN(Cc1ncn[nH]1)C(=O)CC1CCCCO1. The molecule has 6 nitrogen and oxygen atoms in total. The summed E-state index contributed by atoms with van der Waals surface area (Å²) in [6.07, 6.45) is 5.25. The van der Waals surface area contributed by atoms with Gasteiger partial charge in [-0.2, -0.15) is 5.10 Å². The fourth-order valence-electron chi connectivity index (χ4n) is 1.94. The highest BCUT2D eigenvalue weighted by Crippen LogP contribution is 2.16. The van der Waals surface area contributed by atoms with Crippen molar-refractivity contribution in [3.05, 3.63) is 12.2 Å². The van der Waals surface area contributed by atoms with Crippen LogP contribution in [0.5, 0.6) is 0 Å². The van der Waals surface area contributed by atoms with Crippen molar-refractivity contribution in [2.45, 2.75) is 38.3 Å². The Bertz CT molecular complexity index is 346. The van der Waals surface area contributed by atoms with Gasteiger partial charge in [-0.15, -0.1) is 0 Å². The van der Waals surface area contributed by atoms with E-state index in [1.165, 1.54) is 6.33 Å². The average Bonchev–Trinajstić information content (AvgIpc) is 2.83. The predicted molar refractivity (Wildman–Crippen MR) is 61.1 cm³/mol. The van der Waals surface area contributed by atoms with Gasteiger partial charge in [0.15, 0.2) is 0 Å². The standard InChI is InChI=1S/C11H18N4O2/c1-15(7-10-12-8-13-14-10)11(16)6-9-4-2-3-5-17-9/h8-9H,2-7H2,1H3,(H,12,13,14). The monoisotopic (exact) mass is 238 g/mol. The molecule has 6 heteroatoms. The smallest absolute Gasteiger partial charge is 0.225 e. The molecule has 1 atom stereocenters. The van der Waals surface area contributed by atoms with E-state index < -0.39 is 0 Å². The molecule has 0 radical (unpaired) electrons. The van der Waals surface area contributed by atoms with E-state index in [1.54, 1.807) is 11.9 Å². The summed E-state index contributed by atoms with van der Waals surface area (Å²) in [5.41, 5.74) is 0. The summed E-state index contributed by atoms with van der Waals surface area (Å²) in [4.78, 5) is 17.6. The van der Waals surface area contributed by atoms with Gasteiger partial charge in [0.25, 0.3) is 0 Å². The maximum absolute atomic E-state index is 11.9. The van der Waals surface area contributed by atoms with Crippen LogP contribution in [-0.4, -0.2) is 45.7 Å². The first-order valence-corrected chi connectivity index (χ1v) is 5.95. The van der Waals surface area contributed by atoms with E-state index in [-0.39, 0.29) is 12.0 Å². The summed E-state index contributed by atoms with van der Waals surface area (Å²) < 4.78 is 5.55. The van der Waals surface area contributed by atoms with Crippen molar-refractivity contribution in [1.29, 1.82) is 0 Å². The van der Waals surface area contributed by atoms with E-state index >= 15 is 0 Å². The van der Waals surface area contributed by atoms with Gasteiger partial charge in [0.05, 0.1) is 19.1 Å². The second kappa shape index (κ2) is 5.77. The van der Waals surface area contributed by atoms with Crippen molar-refractivity contribution in [2.75, 3.05) is 13.7 Å². The quantitative estimate of drug-likeness (QED) is 0.839. The number of ether oxygens (including phenoxy) is 1. The van der Waals surface area contributed by atoms with Crippen molar-refractivity contribution in [3.63, 3.8) is 0 Å². The second-order valence-corrected chi connectivity index (χ2v) is 4.37. The van der Waals surface area contributed by atoms with Crippen LogP contribution < -0.4 is 0 Å². The third-order valence-corrected chi connectivity index (χ3v) is 2.95. The summed E-state index contributed by atoms with van der Waals surface area (Å²) in [6, 6.07) is 0. The summed E-state index contributed by atoms with van der Waals surface area (Å²) in [5.74, 6) is 0.790. The molecule has 2 rings (SSSR count). The van der Waals surface area contributed by atoms with E-state index in [0.717, 1.165) is 25.9 Å². The molecule has 0 bridgehead atoms. The van der Waals surface area contributed by atoms with Crippen molar-refractivity contribution in [2.24, 2.45) is 0 Å². The van der Waals surface area contributed by atoms with E-state index in [1.807, 2.05) is 0 Å². The lowest BCUT2D eigenvalue weighted by Crippen LogP contribution is -2.32. The molecule has 1 aliphatic rings. The fourth-order valence-corrected chi connectivity index (χ4v) is 1.94. The molecule has 1 aromatic rings. The molecule has 2 heterocycles. The third kappa shape index (κ3) is 3.52. The predicted octanol–water partition coefficient (Wildman–Crippen LogP) is 0.722. The van der Waals surface area contributed by atoms with Crippen LogP contribution in [0.25, 0.3) is 0 Å². The van der Waals surface area contributed by atoms with Gasteiger partial charge in [-0.1, -0.05) is 0 Å². The van der Waals surface area contributed by atoms with E-state index in [2.05, 4.69) is 15.2 Å². The lowest BCUT2D eigenvalue weighted by Gasteiger charge is -2.24. The zero-order valence-electron chi connectivity index (χ0n) is 10.1. The van der Waals surface area contributed by atoms with Crippen LogP contribution in [0.1, 0.15) is 31.5 Å². The van der Waals surface area contributed by atoms with E-state index in [4.69, 9.17) is 4.74 Å². The maximum Gasteiger partial charge on any atom is 0.225 e. The number of carbonyl (C=O) groups is 1. The van der Waals surface area contributed by atoms with Crippen LogP contribution in [0, 0.1) is 0 Å². The van der Waals surface area contributed by atoms with Crippen molar-refractivity contribution in [3.8, 4) is 0 Å². The van der Waals surface area contributed by atoms with Gasteiger partial charge in [-0.3, -0.25) is 9.89 Å². The molecular weight excluding hydrogens is 220 g/mol. The molecule has 1 unspecified atom stereocenters. The van der Waals surface area contributed by atoms with Gasteiger partial charge in [0, 0.05) is 13.7 Å². The molecular formula is C11H18N4O2. The minimum Gasteiger partial charge on any atom is -0.378 e. The number of hydrogen-bond donors (Lipinski definition) is 1. The molecule has 1 N–H and O–H groups in total. The number of amides is 1. The zero-order valence-corrected chi connectivity index (χ0v) is 10.1. The summed E-state index contributed by atoms with van der Waals surface area (Å²) in [6.45, 7) is 1.25. The molecule has 0 aromatic carbocycles. The minimum absolute atomic E-state index is 0.0910. The van der Waals surface area contributed by atoms with Crippen LogP contribution in [-0.2, 0) is 16.1 Å². The average molecular weight is 238 g/mol. The number of hydrogen-bond acceptors (Lipinski definition) is 4. The normalized spacial score (nSPS) is 20.2. The lowest BCUT2D eigenvalue weighted by molar-refractivity contribution is -0.134. The Labute approximate surface area is 100 Å². The fraction of sp³-hybridized carbons (Fsp3) is 0.727. The Morgan fingerprint density at radius 3 is 3.18 bits per heavy atom. The van der Waals surface area contributed by atoms with Gasteiger partial charge >= 0.3 is 0 Å². The molecule has 1 saturated heterocycles. The Balaban J connectivity index is 1.78. The van der Waals surface area contributed by atoms with Crippen molar-refractivity contribution < 1.29 is 9.53 Å². The molecule has 94 valence electrons. The molecule has 1 amide bonds. The van der Waals surface area contributed by atoms with Crippen LogP contribution in [0.4, 0.5) is 0 Å². The van der Waals surface area contributed by atoms with Gasteiger partial charge in [0.1, 0.15) is 12.2 Å². The molecule has 17 heavy (non-hydrogen) atoms. The number of nitrogens with one attached hydrogen (secondary N) is 1. The Morgan fingerprint density at radius 1 is 1.65 bits per heavy atom. The molecule has 1 aliphatic heterocycles. The van der Waals surface area contributed by atoms with Crippen LogP contribution >= 0.6 is 0 Å². The van der Waals surface area contributed by atoms with E-state index in [0.29, 0.717) is 18.8 Å². The Kier molecular flexibility index (Phi) is 4.08. The largest absolute Gasteiger partial charge is 0.378 e. The highest BCUT2D eigenvalue weighted by molar-refractivity contribution is 5.76. The Morgan fingerprint density at radius 2 is 2.53 bits per heavy atom. The lowest BCUT2D eigenvalue weighted by atomic mass is 10.1.